The fraction of sp³-hybridized carbons (Fsp3) is 0.571. The first-order valence-corrected chi connectivity index (χ1v) is 12.3. The van der Waals surface area contributed by atoms with E-state index in [4.69, 9.17) is 18.9 Å². The molecule has 0 atom stereocenters. The van der Waals surface area contributed by atoms with Crippen LogP contribution in [0.15, 0.2) is 36.4 Å². The first-order valence-electron chi connectivity index (χ1n) is 12.3. The van der Waals surface area contributed by atoms with E-state index >= 15 is 0 Å². The van der Waals surface area contributed by atoms with E-state index in [0.717, 1.165) is 60.7 Å². The molecule has 0 saturated carbocycles. The molecular formula is C28H42O4. The fourth-order valence-corrected chi connectivity index (χ4v) is 3.39. The lowest BCUT2D eigenvalue weighted by atomic mass is 10.0. The van der Waals surface area contributed by atoms with Crippen LogP contribution in [0.25, 0.3) is 11.1 Å². The SMILES string of the molecule is CCCCCOc1ccc(-c2ccc(OCCCCC)c(OC(C)C)c2OC(C)C)cc1. The largest absolute Gasteiger partial charge is 0.494 e. The Labute approximate surface area is 195 Å². The molecule has 0 saturated heterocycles. The van der Waals surface area contributed by atoms with Crippen LogP contribution in [0, 0.1) is 0 Å². The summed E-state index contributed by atoms with van der Waals surface area (Å²) in [6.45, 7) is 13.9. The Morgan fingerprint density at radius 2 is 1.19 bits per heavy atom. The molecule has 0 radical (unpaired) electrons. The summed E-state index contributed by atoms with van der Waals surface area (Å²) in [5.41, 5.74) is 2.06. The molecule has 4 nitrogen and oxygen atoms in total. The van der Waals surface area contributed by atoms with Gasteiger partial charge in [0, 0.05) is 5.56 Å². The molecule has 0 spiro atoms. The number of rotatable bonds is 15. The molecule has 32 heavy (non-hydrogen) atoms. The van der Waals surface area contributed by atoms with Gasteiger partial charge in [-0.3, -0.25) is 0 Å². The third-order valence-electron chi connectivity index (χ3n) is 4.97. The minimum atomic E-state index is 0.0108. The molecule has 0 aromatic heterocycles. The van der Waals surface area contributed by atoms with Crippen LogP contribution in [-0.4, -0.2) is 25.4 Å². The van der Waals surface area contributed by atoms with Crippen molar-refractivity contribution >= 4 is 0 Å². The molecule has 0 unspecified atom stereocenters. The standard InChI is InChI=1S/C28H42O4/c1-7-9-11-19-29-24-15-13-23(14-16-24)25-17-18-26(30-20-12-10-8-2)28(32-22(5)6)27(25)31-21(3)4/h13-18,21-22H,7-12,19-20H2,1-6H3. The highest BCUT2D eigenvalue weighted by Gasteiger charge is 2.21. The van der Waals surface area contributed by atoms with Gasteiger partial charge in [0.05, 0.1) is 25.4 Å². The summed E-state index contributed by atoms with van der Waals surface area (Å²) >= 11 is 0. The molecular weight excluding hydrogens is 400 g/mol. The highest BCUT2D eigenvalue weighted by Crippen LogP contribution is 2.46. The zero-order chi connectivity index (χ0) is 23.3. The highest BCUT2D eigenvalue weighted by molar-refractivity contribution is 5.76. The predicted molar refractivity (Wildman–Crippen MR) is 133 cm³/mol. The Morgan fingerprint density at radius 1 is 0.625 bits per heavy atom. The van der Waals surface area contributed by atoms with E-state index in [9.17, 15) is 0 Å². The molecule has 0 bridgehead atoms. The van der Waals surface area contributed by atoms with Crippen LogP contribution >= 0.6 is 0 Å². The molecule has 2 aromatic carbocycles. The normalized spacial score (nSPS) is 11.1. The number of hydrogen-bond donors (Lipinski definition) is 0. The maximum atomic E-state index is 6.29. The molecule has 4 heteroatoms. The average molecular weight is 443 g/mol. The maximum absolute atomic E-state index is 6.29. The lowest BCUT2D eigenvalue weighted by molar-refractivity contribution is 0.187. The van der Waals surface area contributed by atoms with Crippen LogP contribution in [0.2, 0.25) is 0 Å². The van der Waals surface area contributed by atoms with E-state index in [1.54, 1.807) is 0 Å². The second-order valence-corrected chi connectivity index (χ2v) is 8.74. The van der Waals surface area contributed by atoms with Crippen molar-refractivity contribution in [1.29, 1.82) is 0 Å². The summed E-state index contributed by atoms with van der Waals surface area (Å²) in [7, 11) is 0. The Morgan fingerprint density at radius 3 is 1.75 bits per heavy atom. The van der Waals surface area contributed by atoms with Crippen molar-refractivity contribution in [2.75, 3.05) is 13.2 Å². The van der Waals surface area contributed by atoms with Crippen molar-refractivity contribution < 1.29 is 18.9 Å². The van der Waals surface area contributed by atoms with Crippen molar-refractivity contribution in [3.63, 3.8) is 0 Å². The van der Waals surface area contributed by atoms with Gasteiger partial charge in [-0.15, -0.1) is 0 Å². The van der Waals surface area contributed by atoms with E-state index in [2.05, 4.69) is 32.0 Å². The van der Waals surface area contributed by atoms with Gasteiger partial charge in [0.25, 0.3) is 0 Å². The van der Waals surface area contributed by atoms with Gasteiger partial charge in [0.15, 0.2) is 11.5 Å². The van der Waals surface area contributed by atoms with Gasteiger partial charge in [-0.25, -0.2) is 0 Å². The fourth-order valence-electron chi connectivity index (χ4n) is 3.39. The van der Waals surface area contributed by atoms with Crippen molar-refractivity contribution in [1.82, 2.24) is 0 Å². The molecule has 2 aromatic rings. The van der Waals surface area contributed by atoms with Crippen LogP contribution < -0.4 is 18.9 Å². The third kappa shape index (κ3) is 8.29. The predicted octanol–water partition coefficient (Wildman–Crippen LogP) is 8.07. The molecule has 0 N–H and O–H groups in total. The van der Waals surface area contributed by atoms with Crippen LogP contribution in [-0.2, 0) is 0 Å². The number of hydrogen-bond acceptors (Lipinski definition) is 4. The summed E-state index contributed by atoms with van der Waals surface area (Å²) < 4.78 is 24.5. The van der Waals surface area contributed by atoms with E-state index < -0.39 is 0 Å². The van der Waals surface area contributed by atoms with Gasteiger partial charge in [-0.05, 0) is 70.4 Å². The topological polar surface area (TPSA) is 36.9 Å². The molecule has 2 rings (SSSR count). The van der Waals surface area contributed by atoms with E-state index in [1.807, 2.05) is 45.9 Å². The second-order valence-electron chi connectivity index (χ2n) is 8.74. The minimum Gasteiger partial charge on any atom is -0.494 e. The van der Waals surface area contributed by atoms with Crippen molar-refractivity contribution in [2.45, 2.75) is 92.3 Å². The van der Waals surface area contributed by atoms with Gasteiger partial charge in [0.2, 0.25) is 5.75 Å². The third-order valence-corrected chi connectivity index (χ3v) is 4.97. The Hall–Kier alpha value is -2.36. The summed E-state index contributed by atoms with van der Waals surface area (Å²) in [4.78, 5) is 0. The van der Waals surface area contributed by atoms with Gasteiger partial charge < -0.3 is 18.9 Å². The summed E-state index contributed by atoms with van der Waals surface area (Å²) in [5.74, 6) is 3.05. The maximum Gasteiger partial charge on any atom is 0.204 e. The van der Waals surface area contributed by atoms with Crippen molar-refractivity contribution in [3.05, 3.63) is 36.4 Å². The van der Waals surface area contributed by atoms with Gasteiger partial charge in [0.1, 0.15) is 5.75 Å². The Balaban J connectivity index is 2.33. The highest BCUT2D eigenvalue weighted by atomic mass is 16.5. The minimum absolute atomic E-state index is 0.0108. The van der Waals surface area contributed by atoms with Crippen LogP contribution in [0.3, 0.4) is 0 Å². The van der Waals surface area contributed by atoms with Crippen molar-refractivity contribution in [2.24, 2.45) is 0 Å². The molecule has 0 aliphatic carbocycles. The van der Waals surface area contributed by atoms with Crippen LogP contribution in [0.5, 0.6) is 23.0 Å². The zero-order valence-electron chi connectivity index (χ0n) is 20.9. The first-order chi connectivity index (χ1) is 15.5. The van der Waals surface area contributed by atoms with Gasteiger partial charge in [-0.1, -0.05) is 51.7 Å². The quantitative estimate of drug-likeness (QED) is 0.261. The zero-order valence-corrected chi connectivity index (χ0v) is 20.9. The number of ether oxygens (including phenoxy) is 4. The second kappa shape index (κ2) is 13.9. The molecule has 0 heterocycles. The molecule has 0 aliphatic rings. The van der Waals surface area contributed by atoms with E-state index in [-0.39, 0.29) is 12.2 Å². The van der Waals surface area contributed by atoms with E-state index in [0.29, 0.717) is 12.4 Å². The van der Waals surface area contributed by atoms with Crippen LogP contribution in [0.1, 0.15) is 80.1 Å². The molecule has 0 fully saturated rings. The lowest BCUT2D eigenvalue weighted by Gasteiger charge is -2.23. The van der Waals surface area contributed by atoms with Crippen molar-refractivity contribution in [3.8, 4) is 34.1 Å². The van der Waals surface area contributed by atoms with Gasteiger partial charge in [-0.2, -0.15) is 0 Å². The molecule has 0 aliphatic heterocycles. The number of benzene rings is 2. The van der Waals surface area contributed by atoms with Gasteiger partial charge >= 0.3 is 0 Å². The lowest BCUT2D eigenvalue weighted by Crippen LogP contribution is -2.13. The number of unbranched alkanes of at least 4 members (excludes halogenated alkanes) is 4. The smallest absolute Gasteiger partial charge is 0.204 e. The Kier molecular flexibility index (Phi) is 11.3. The Bertz CT molecular complexity index is 781. The summed E-state index contributed by atoms with van der Waals surface area (Å²) in [6.07, 6.45) is 6.84. The van der Waals surface area contributed by atoms with Crippen LogP contribution in [0.4, 0.5) is 0 Å². The molecule has 178 valence electrons. The molecule has 0 amide bonds. The first kappa shape index (κ1) is 25.9. The van der Waals surface area contributed by atoms with E-state index in [1.165, 1.54) is 12.8 Å². The average Bonchev–Trinajstić information content (AvgIpc) is 2.76. The monoisotopic (exact) mass is 442 g/mol. The summed E-state index contributed by atoms with van der Waals surface area (Å²) in [5, 5.41) is 0. The summed E-state index contributed by atoms with van der Waals surface area (Å²) in [6, 6.07) is 12.3.